The van der Waals surface area contributed by atoms with Crippen LogP contribution in [0.25, 0.3) is 0 Å². The van der Waals surface area contributed by atoms with Crippen LogP contribution in [0.4, 0.5) is 9.59 Å². The van der Waals surface area contributed by atoms with E-state index in [0.29, 0.717) is 32.5 Å². The second-order valence-corrected chi connectivity index (χ2v) is 11.1. The minimum absolute atomic E-state index is 0.156. The number of amides is 4. The first-order valence-corrected chi connectivity index (χ1v) is 14.2. The molecule has 2 aromatic rings. The van der Waals surface area contributed by atoms with Gasteiger partial charge in [-0.3, -0.25) is 9.59 Å². The van der Waals surface area contributed by atoms with Gasteiger partial charge < -0.3 is 30.3 Å². The molecule has 1 aliphatic heterocycles. The minimum Gasteiger partial charge on any atom is -0.445 e. The van der Waals surface area contributed by atoms with Crippen LogP contribution < -0.4 is 16.0 Å². The summed E-state index contributed by atoms with van der Waals surface area (Å²) >= 11 is 0. The minimum atomic E-state index is -0.795. The predicted octanol–water partition coefficient (Wildman–Crippen LogP) is 3.94. The van der Waals surface area contributed by atoms with E-state index in [-0.39, 0.29) is 30.9 Å². The van der Waals surface area contributed by atoms with Crippen molar-refractivity contribution in [3.05, 3.63) is 71.8 Å². The van der Waals surface area contributed by atoms with Crippen molar-refractivity contribution in [2.24, 2.45) is 0 Å². The van der Waals surface area contributed by atoms with E-state index in [1.807, 2.05) is 60.7 Å². The molecule has 2 unspecified atom stereocenters. The first-order valence-electron chi connectivity index (χ1n) is 14.2. The van der Waals surface area contributed by atoms with Crippen LogP contribution in [-0.4, -0.2) is 66.2 Å². The summed E-state index contributed by atoms with van der Waals surface area (Å²) < 4.78 is 10.6. The van der Waals surface area contributed by atoms with Crippen LogP contribution in [-0.2, 0) is 32.1 Å². The third-order valence-electron chi connectivity index (χ3n) is 6.53. The van der Waals surface area contributed by atoms with Gasteiger partial charge in [-0.05, 0) is 51.2 Å². The Labute approximate surface area is 242 Å². The van der Waals surface area contributed by atoms with Crippen molar-refractivity contribution in [3.8, 4) is 0 Å². The Morgan fingerprint density at radius 3 is 2.24 bits per heavy atom. The maximum atomic E-state index is 13.6. The van der Waals surface area contributed by atoms with E-state index < -0.39 is 23.8 Å². The topological polar surface area (TPSA) is 126 Å². The number of carbonyl (C=O) groups excluding carboxylic acids is 4. The maximum Gasteiger partial charge on any atom is 0.408 e. The standard InChI is InChI=1S/C31H42N4O6/c1-31(2,3)41-30(39)34-26(20-23-12-6-4-7-13-23)28(37)35-19-11-16-25(35)21-33-27(36)17-10-18-32-29(38)40-22-24-14-8-5-9-15-24/h4-9,12-15,25-26H,10-11,16-22H2,1-3H3,(H,32,38)(H,33,36)(H,34,39). The molecule has 0 saturated carbocycles. The Kier molecular flexibility index (Phi) is 12.0. The molecule has 1 heterocycles. The van der Waals surface area contributed by atoms with Crippen LogP contribution in [0.1, 0.15) is 57.6 Å². The fraction of sp³-hybridized carbons (Fsp3) is 0.484. The molecule has 222 valence electrons. The molecule has 0 spiro atoms. The molecule has 10 heteroatoms. The lowest BCUT2D eigenvalue weighted by molar-refractivity contribution is -0.134. The van der Waals surface area contributed by atoms with Crippen molar-refractivity contribution in [3.63, 3.8) is 0 Å². The van der Waals surface area contributed by atoms with Gasteiger partial charge in [-0.25, -0.2) is 9.59 Å². The quantitative estimate of drug-likeness (QED) is 0.334. The zero-order chi connectivity index (χ0) is 29.7. The molecule has 2 atom stereocenters. The van der Waals surface area contributed by atoms with Crippen LogP contribution >= 0.6 is 0 Å². The fourth-order valence-corrected chi connectivity index (χ4v) is 4.57. The molecule has 0 bridgehead atoms. The Morgan fingerprint density at radius 2 is 1.59 bits per heavy atom. The number of ether oxygens (including phenoxy) is 2. The summed E-state index contributed by atoms with van der Waals surface area (Å²) in [6.45, 7) is 6.68. The van der Waals surface area contributed by atoms with Gasteiger partial charge in [0.15, 0.2) is 0 Å². The number of hydrogen-bond acceptors (Lipinski definition) is 6. The summed E-state index contributed by atoms with van der Waals surface area (Å²) in [6.07, 6.45) is 1.41. The summed E-state index contributed by atoms with van der Waals surface area (Å²) in [5.41, 5.74) is 1.13. The van der Waals surface area contributed by atoms with Gasteiger partial charge in [-0.1, -0.05) is 60.7 Å². The van der Waals surface area contributed by atoms with Crippen LogP contribution in [0.5, 0.6) is 0 Å². The van der Waals surface area contributed by atoms with E-state index in [9.17, 15) is 19.2 Å². The number of carbonyl (C=O) groups is 4. The van der Waals surface area contributed by atoms with Crippen molar-refractivity contribution in [1.29, 1.82) is 0 Å². The number of likely N-dealkylation sites (tertiary alicyclic amines) is 1. The molecule has 2 aromatic carbocycles. The van der Waals surface area contributed by atoms with Gasteiger partial charge in [0, 0.05) is 38.5 Å². The fourth-order valence-electron chi connectivity index (χ4n) is 4.57. The Bertz CT molecular complexity index is 1140. The van der Waals surface area contributed by atoms with Crippen molar-refractivity contribution in [1.82, 2.24) is 20.9 Å². The van der Waals surface area contributed by atoms with Crippen molar-refractivity contribution < 1.29 is 28.7 Å². The Morgan fingerprint density at radius 1 is 0.927 bits per heavy atom. The van der Waals surface area contributed by atoms with Gasteiger partial charge in [0.05, 0.1) is 0 Å². The van der Waals surface area contributed by atoms with Crippen molar-refractivity contribution >= 4 is 24.0 Å². The van der Waals surface area contributed by atoms with Crippen LogP contribution in [0.2, 0.25) is 0 Å². The Balaban J connectivity index is 1.44. The van der Waals surface area contributed by atoms with Crippen molar-refractivity contribution in [2.45, 2.75) is 77.2 Å². The second-order valence-electron chi connectivity index (χ2n) is 11.1. The number of hydrogen-bond donors (Lipinski definition) is 3. The number of alkyl carbamates (subject to hydrolysis) is 2. The summed E-state index contributed by atoms with van der Waals surface area (Å²) in [7, 11) is 0. The molecular formula is C31H42N4O6. The number of nitrogens with zero attached hydrogens (tertiary/aromatic N) is 1. The molecule has 41 heavy (non-hydrogen) atoms. The highest BCUT2D eigenvalue weighted by molar-refractivity contribution is 5.86. The highest BCUT2D eigenvalue weighted by Gasteiger charge is 2.35. The smallest absolute Gasteiger partial charge is 0.408 e. The van der Waals surface area contributed by atoms with E-state index in [2.05, 4.69) is 16.0 Å². The first-order chi connectivity index (χ1) is 19.6. The predicted molar refractivity (Wildman–Crippen MR) is 155 cm³/mol. The SMILES string of the molecule is CC(C)(C)OC(=O)NC(Cc1ccccc1)C(=O)N1CCCC1CNC(=O)CCCNC(=O)OCc1ccccc1. The molecule has 3 rings (SSSR count). The van der Waals surface area contributed by atoms with E-state index in [1.165, 1.54) is 0 Å². The molecule has 0 aliphatic carbocycles. The molecule has 0 radical (unpaired) electrons. The van der Waals surface area contributed by atoms with Gasteiger partial charge in [0.25, 0.3) is 0 Å². The average molecular weight is 567 g/mol. The lowest BCUT2D eigenvalue weighted by Gasteiger charge is -2.30. The molecule has 1 saturated heterocycles. The summed E-state index contributed by atoms with van der Waals surface area (Å²) in [5, 5.41) is 8.33. The van der Waals surface area contributed by atoms with E-state index in [0.717, 1.165) is 24.0 Å². The lowest BCUT2D eigenvalue weighted by atomic mass is 10.0. The highest BCUT2D eigenvalue weighted by Crippen LogP contribution is 2.19. The molecule has 3 N–H and O–H groups in total. The van der Waals surface area contributed by atoms with Gasteiger partial charge in [-0.2, -0.15) is 0 Å². The molecule has 4 amide bonds. The summed E-state index contributed by atoms with van der Waals surface area (Å²) in [5.74, 6) is -0.355. The van der Waals surface area contributed by atoms with Gasteiger partial charge in [-0.15, -0.1) is 0 Å². The van der Waals surface area contributed by atoms with E-state index >= 15 is 0 Å². The van der Waals surface area contributed by atoms with Gasteiger partial charge in [0.2, 0.25) is 11.8 Å². The van der Waals surface area contributed by atoms with Crippen LogP contribution in [0, 0.1) is 0 Å². The monoisotopic (exact) mass is 566 g/mol. The van der Waals surface area contributed by atoms with Crippen molar-refractivity contribution in [2.75, 3.05) is 19.6 Å². The number of benzene rings is 2. The third-order valence-corrected chi connectivity index (χ3v) is 6.53. The highest BCUT2D eigenvalue weighted by atomic mass is 16.6. The van der Waals surface area contributed by atoms with E-state index in [4.69, 9.17) is 9.47 Å². The second kappa shape index (κ2) is 15.6. The zero-order valence-corrected chi connectivity index (χ0v) is 24.2. The summed E-state index contributed by atoms with van der Waals surface area (Å²) in [6, 6.07) is 17.9. The van der Waals surface area contributed by atoms with Crippen LogP contribution in [0.3, 0.4) is 0 Å². The Hall–Kier alpha value is -4.08. The normalized spacial score (nSPS) is 15.5. The van der Waals surface area contributed by atoms with Gasteiger partial charge in [0.1, 0.15) is 18.2 Å². The molecule has 0 aromatic heterocycles. The number of nitrogens with one attached hydrogen (secondary N) is 3. The number of rotatable bonds is 12. The van der Waals surface area contributed by atoms with Crippen LogP contribution in [0.15, 0.2) is 60.7 Å². The first kappa shape index (κ1) is 31.4. The molecule has 1 fully saturated rings. The average Bonchev–Trinajstić information content (AvgIpc) is 3.41. The van der Waals surface area contributed by atoms with E-state index in [1.54, 1.807) is 25.7 Å². The largest absolute Gasteiger partial charge is 0.445 e. The maximum absolute atomic E-state index is 13.6. The molecule has 1 aliphatic rings. The third kappa shape index (κ3) is 11.5. The zero-order valence-electron chi connectivity index (χ0n) is 24.2. The lowest BCUT2D eigenvalue weighted by Crippen LogP contribution is -2.53. The summed E-state index contributed by atoms with van der Waals surface area (Å²) in [4.78, 5) is 52.2. The molecule has 10 nitrogen and oxygen atoms in total. The molecular weight excluding hydrogens is 524 g/mol. The van der Waals surface area contributed by atoms with Gasteiger partial charge >= 0.3 is 12.2 Å².